The SMILES string of the molecule is Cc1ccc(F)cc1CC1CCC(=O)C1C. The number of halogens is 1. The highest BCUT2D eigenvalue weighted by atomic mass is 19.1. The second kappa shape index (κ2) is 4.36. The summed E-state index contributed by atoms with van der Waals surface area (Å²) in [7, 11) is 0. The molecular weight excluding hydrogens is 203 g/mol. The van der Waals surface area contributed by atoms with E-state index in [-0.39, 0.29) is 11.7 Å². The van der Waals surface area contributed by atoms with E-state index in [9.17, 15) is 9.18 Å². The van der Waals surface area contributed by atoms with Gasteiger partial charge < -0.3 is 0 Å². The minimum Gasteiger partial charge on any atom is -0.299 e. The first-order chi connectivity index (χ1) is 7.58. The minimum atomic E-state index is -0.183. The Bertz CT molecular complexity index is 411. The monoisotopic (exact) mass is 220 g/mol. The molecule has 0 amide bonds. The van der Waals surface area contributed by atoms with Gasteiger partial charge in [-0.05, 0) is 48.9 Å². The van der Waals surface area contributed by atoms with Gasteiger partial charge in [0.05, 0.1) is 0 Å². The fourth-order valence-corrected chi connectivity index (χ4v) is 2.49. The lowest BCUT2D eigenvalue weighted by atomic mass is 9.89. The van der Waals surface area contributed by atoms with Crippen molar-refractivity contribution in [2.45, 2.75) is 33.1 Å². The van der Waals surface area contributed by atoms with Crippen molar-refractivity contribution in [1.82, 2.24) is 0 Å². The lowest BCUT2D eigenvalue weighted by Gasteiger charge is -2.15. The lowest BCUT2D eigenvalue weighted by molar-refractivity contribution is -0.120. The molecule has 1 aliphatic rings. The summed E-state index contributed by atoms with van der Waals surface area (Å²) in [5, 5.41) is 0. The molecule has 1 aromatic rings. The highest BCUT2D eigenvalue weighted by Gasteiger charge is 2.30. The van der Waals surface area contributed by atoms with Crippen LogP contribution in [-0.4, -0.2) is 5.78 Å². The standard InChI is InChI=1S/C14H17FO/c1-9-3-5-13(15)8-12(9)7-11-4-6-14(16)10(11)2/h3,5,8,10-11H,4,6-7H2,1-2H3. The Kier molecular flexibility index (Phi) is 3.08. The number of benzene rings is 1. The third-order valence-electron chi connectivity index (χ3n) is 3.77. The highest BCUT2D eigenvalue weighted by molar-refractivity contribution is 5.83. The zero-order valence-electron chi connectivity index (χ0n) is 9.79. The molecule has 1 saturated carbocycles. The van der Waals surface area contributed by atoms with Gasteiger partial charge in [-0.3, -0.25) is 4.79 Å². The molecule has 2 unspecified atom stereocenters. The zero-order chi connectivity index (χ0) is 11.7. The lowest BCUT2D eigenvalue weighted by Crippen LogP contribution is -2.13. The number of carbonyl (C=O) groups is 1. The van der Waals surface area contributed by atoms with E-state index in [2.05, 4.69) is 0 Å². The Hall–Kier alpha value is -1.18. The summed E-state index contributed by atoms with van der Waals surface area (Å²) >= 11 is 0. The quantitative estimate of drug-likeness (QED) is 0.747. The van der Waals surface area contributed by atoms with Gasteiger partial charge in [0.15, 0.2) is 0 Å². The van der Waals surface area contributed by atoms with Crippen LogP contribution in [0.4, 0.5) is 4.39 Å². The molecule has 2 heteroatoms. The largest absolute Gasteiger partial charge is 0.299 e. The van der Waals surface area contributed by atoms with E-state index >= 15 is 0 Å². The van der Waals surface area contributed by atoms with E-state index in [0.717, 1.165) is 24.0 Å². The molecule has 1 aliphatic carbocycles. The number of aryl methyl sites for hydroxylation is 1. The molecule has 0 aliphatic heterocycles. The molecule has 1 fully saturated rings. The van der Waals surface area contributed by atoms with Crippen LogP contribution in [0.25, 0.3) is 0 Å². The number of hydrogen-bond donors (Lipinski definition) is 0. The van der Waals surface area contributed by atoms with Crippen molar-refractivity contribution >= 4 is 5.78 Å². The van der Waals surface area contributed by atoms with Gasteiger partial charge >= 0.3 is 0 Å². The van der Waals surface area contributed by atoms with Crippen LogP contribution in [0.5, 0.6) is 0 Å². The van der Waals surface area contributed by atoms with Crippen molar-refractivity contribution in [2.24, 2.45) is 11.8 Å². The van der Waals surface area contributed by atoms with Gasteiger partial charge in [-0.25, -0.2) is 4.39 Å². The molecule has 0 N–H and O–H groups in total. The number of Topliss-reactive ketones (excluding diaryl/α,β-unsaturated/α-hetero) is 1. The first kappa shape index (κ1) is 11.3. The van der Waals surface area contributed by atoms with E-state index in [4.69, 9.17) is 0 Å². The summed E-state index contributed by atoms with van der Waals surface area (Å²) in [4.78, 5) is 11.5. The molecule has 0 bridgehead atoms. The maximum Gasteiger partial charge on any atom is 0.135 e. The third kappa shape index (κ3) is 2.16. The predicted octanol–water partition coefficient (Wildman–Crippen LogP) is 3.29. The molecular formula is C14H17FO. The second-order valence-electron chi connectivity index (χ2n) is 4.83. The predicted molar refractivity (Wildman–Crippen MR) is 61.7 cm³/mol. The molecule has 0 radical (unpaired) electrons. The van der Waals surface area contributed by atoms with Crippen molar-refractivity contribution in [3.05, 3.63) is 35.1 Å². The Balaban J connectivity index is 2.15. The molecule has 16 heavy (non-hydrogen) atoms. The van der Waals surface area contributed by atoms with Crippen LogP contribution in [0.1, 0.15) is 30.9 Å². The number of carbonyl (C=O) groups excluding carboxylic acids is 1. The van der Waals surface area contributed by atoms with Crippen LogP contribution >= 0.6 is 0 Å². The smallest absolute Gasteiger partial charge is 0.135 e. The topological polar surface area (TPSA) is 17.1 Å². The zero-order valence-corrected chi connectivity index (χ0v) is 9.79. The van der Waals surface area contributed by atoms with E-state index in [1.165, 1.54) is 6.07 Å². The molecule has 86 valence electrons. The maximum atomic E-state index is 13.1. The summed E-state index contributed by atoms with van der Waals surface area (Å²) in [5.74, 6) is 0.715. The molecule has 2 rings (SSSR count). The minimum absolute atomic E-state index is 0.141. The summed E-state index contributed by atoms with van der Waals surface area (Å²) in [6.45, 7) is 3.99. The molecule has 0 heterocycles. The second-order valence-corrected chi connectivity index (χ2v) is 4.83. The van der Waals surface area contributed by atoms with Gasteiger partial charge in [-0.2, -0.15) is 0 Å². The molecule has 1 aromatic carbocycles. The average Bonchev–Trinajstić information content (AvgIpc) is 2.55. The van der Waals surface area contributed by atoms with Gasteiger partial charge in [0, 0.05) is 12.3 Å². The average molecular weight is 220 g/mol. The van der Waals surface area contributed by atoms with Crippen LogP contribution in [0.3, 0.4) is 0 Å². The van der Waals surface area contributed by atoms with Crippen molar-refractivity contribution in [3.63, 3.8) is 0 Å². The van der Waals surface area contributed by atoms with Crippen LogP contribution in [0.15, 0.2) is 18.2 Å². The number of ketones is 1. The van der Waals surface area contributed by atoms with Crippen molar-refractivity contribution in [3.8, 4) is 0 Å². The fraction of sp³-hybridized carbons (Fsp3) is 0.500. The third-order valence-corrected chi connectivity index (χ3v) is 3.77. The van der Waals surface area contributed by atoms with E-state index in [1.54, 1.807) is 6.07 Å². The fourth-order valence-electron chi connectivity index (χ4n) is 2.49. The molecule has 0 saturated heterocycles. The van der Waals surface area contributed by atoms with Crippen molar-refractivity contribution < 1.29 is 9.18 Å². The van der Waals surface area contributed by atoms with Gasteiger partial charge in [0.2, 0.25) is 0 Å². The summed E-state index contributed by atoms with van der Waals surface area (Å²) in [6.07, 6.45) is 2.48. The van der Waals surface area contributed by atoms with E-state index in [0.29, 0.717) is 18.1 Å². The number of rotatable bonds is 2. The first-order valence-corrected chi connectivity index (χ1v) is 5.85. The summed E-state index contributed by atoms with van der Waals surface area (Å²) in [5.41, 5.74) is 2.17. The van der Waals surface area contributed by atoms with Crippen LogP contribution in [-0.2, 0) is 11.2 Å². The summed E-state index contributed by atoms with van der Waals surface area (Å²) < 4.78 is 13.1. The Morgan fingerprint density at radius 3 is 2.81 bits per heavy atom. The van der Waals surface area contributed by atoms with E-state index < -0.39 is 0 Å². The normalized spacial score (nSPS) is 25.1. The van der Waals surface area contributed by atoms with E-state index in [1.807, 2.05) is 19.9 Å². The Labute approximate surface area is 95.7 Å². The first-order valence-electron chi connectivity index (χ1n) is 5.85. The van der Waals surface area contributed by atoms with Gasteiger partial charge in [-0.1, -0.05) is 13.0 Å². The molecule has 0 spiro atoms. The van der Waals surface area contributed by atoms with Gasteiger partial charge in [-0.15, -0.1) is 0 Å². The van der Waals surface area contributed by atoms with Crippen LogP contribution in [0, 0.1) is 24.6 Å². The highest BCUT2D eigenvalue weighted by Crippen LogP contribution is 2.32. The summed E-state index contributed by atoms with van der Waals surface area (Å²) in [6, 6.07) is 4.90. The van der Waals surface area contributed by atoms with Crippen molar-refractivity contribution in [2.75, 3.05) is 0 Å². The molecule has 1 nitrogen and oxygen atoms in total. The van der Waals surface area contributed by atoms with Crippen LogP contribution in [0.2, 0.25) is 0 Å². The maximum absolute atomic E-state index is 13.1. The Morgan fingerprint density at radius 1 is 1.44 bits per heavy atom. The molecule has 2 atom stereocenters. The van der Waals surface area contributed by atoms with Gasteiger partial charge in [0.25, 0.3) is 0 Å². The Morgan fingerprint density at radius 2 is 2.19 bits per heavy atom. The molecule has 0 aromatic heterocycles. The number of hydrogen-bond acceptors (Lipinski definition) is 1. The van der Waals surface area contributed by atoms with Crippen molar-refractivity contribution in [1.29, 1.82) is 0 Å². The van der Waals surface area contributed by atoms with Gasteiger partial charge in [0.1, 0.15) is 11.6 Å². The van der Waals surface area contributed by atoms with Crippen LogP contribution < -0.4 is 0 Å².